The van der Waals surface area contributed by atoms with Crippen LogP contribution in [0, 0.1) is 6.92 Å². The molecule has 0 saturated carbocycles. The Morgan fingerprint density at radius 2 is 2.20 bits per heavy atom. The van der Waals surface area contributed by atoms with Gasteiger partial charge in [-0.15, -0.1) is 0 Å². The van der Waals surface area contributed by atoms with E-state index in [1.54, 1.807) is 6.92 Å². The van der Waals surface area contributed by atoms with Gasteiger partial charge in [-0.2, -0.15) is 9.72 Å². The van der Waals surface area contributed by atoms with Gasteiger partial charge in [0.1, 0.15) is 5.82 Å². The SMILES string of the molecule is Cc1nc(=O)on1C(C)C. The van der Waals surface area contributed by atoms with Crippen LogP contribution in [0.25, 0.3) is 0 Å². The molecule has 0 amide bonds. The van der Waals surface area contributed by atoms with Gasteiger partial charge >= 0.3 is 5.76 Å². The summed E-state index contributed by atoms with van der Waals surface area (Å²) in [7, 11) is 0. The Kier molecular flexibility index (Phi) is 1.61. The predicted molar refractivity (Wildman–Crippen MR) is 35.9 cm³/mol. The Labute approximate surface area is 58.4 Å². The molecule has 56 valence electrons. The predicted octanol–water partition coefficient (Wildman–Crippen LogP) is 0.726. The van der Waals surface area contributed by atoms with Gasteiger partial charge < -0.3 is 4.52 Å². The van der Waals surface area contributed by atoms with Gasteiger partial charge in [0.25, 0.3) is 0 Å². The molecule has 0 aliphatic heterocycles. The number of hydrogen-bond donors (Lipinski definition) is 0. The van der Waals surface area contributed by atoms with Crippen LogP contribution in [0.1, 0.15) is 25.7 Å². The molecule has 0 saturated heterocycles. The van der Waals surface area contributed by atoms with Gasteiger partial charge in [-0.25, -0.2) is 4.79 Å². The first-order valence-corrected chi connectivity index (χ1v) is 3.17. The van der Waals surface area contributed by atoms with Crippen molar-refractivity contribution in [2.75, 3.05) is 0 Å². The molecule has 0 radical (unpaired) electrons. The summed E-state index contributed by atoms with van der Waals surface area (Å²) >= 11 is 0. The molecular weight excluding hydrogens is 132 g/mol. The molecule has 4 nitrogen and oxygen atoms in total. The highest BCUT2D eigenvalue weighted by Crippen LogP contribution is 2.03. The fraction of sp³-hybridized carbons (Fsp3) is 0.667. The standard InChI is InChI=1S/C6H10N2O2/c1-4(2)8-5(3)7-6(9)10-8/h4H,1-3H3. The van der Waals surface area contributed by atoms with Crippen molar-refractivity contribution in [3.8, 4) is 0 Å². The van der Waals surface area contributed by atoms with Crippen molar-refractivity contribution >= 4 is 0 Å². The van der Waals surface area contributed by atoms with Gasteiger partial charge in [0.15, 0.2) is 0 Å². The zero-order valence-corrected chi connectivity index (χ0v) is 6.29. The van der Waals surface area contributed by atoms with E-state index in [9.17, 15) is 4.79 Å². The van der Waals surface area contributed by atoms with Crippen molar-refractivity contribution < 1.29 is 4.52 Å². The summed E-state index contributed by atoms with van der Waals surface area (Å²) in [6.07, 6.45) is 0. The van der Waals surface area contributed by atoms with E-state index in [0.717, 1.165) is 0 Å². The van der Waals surface area contributed by atoms with Crippen molar-refractivity contribution in [1.82, 2.24) is 9.72 Å². The third-order valence-corrected chi connectivity index (χ3v) is 1.22. The maximum atomic E-state index is 10.5. The average Bonchev–Trinajstić information content (AvgIpc) is 2.10. The summed E-state index contributed by atoms with van der Waals surface area (Å²) in [6, 6.07) is 0.162. The topological polar surface area (TPSA) is 48.0 Å². The van der Waals surface area contributed by atoms with E-state index in [2.05, 4.69) is 4.98 Å². The first-order valence-electron chi connectivity index (χ1n) is 3.17. The number of aryl methyl sites for hydroxylation is 1. The second-order valence-corrected chi connectivity index (χ2v) is 2.44. The molecule has 1 aromatic rings. The quantitative estimate of drug-likeness (QED) is 0.580. The molecule has 4 heteroatoms. The largest absolute Gasteiger partial charge is 0.459 e. The molecule has 1 rings (SSSR count). The van der Waals surface area contributed by atoms with Gasteiger partial charge in [-0.05, 0) is 20.8 Å². The molecular formula is C6H10N2O2. The second kappa shape index (κ2) is 2.28. The zero-order chi connectivity index (χ0) is 7.72. The zero-order valence-electron chi connectivity index (χ0n) is 6.29. The van der Waals surface area contributed by atoms with Crippen LogP contribution in [0.3, 0.4) is 0 Å². The number of rotatable bonds is 1. The maximum absolute atomic E-state index is 10.5. The minimum Gasteiger partial charge on any atom is -0.318 e. The molecule has 0 bridgehead atoms. The van der Waals surface area contributed by atoms with Gasteiger partial charge in [0, 0.05) is 0 Å². The van der Waals surface area contributed by atoms with Crippen molar-refractivity contribution in [2.45, 2.75) is 26.8 Å². The minimum absolute atomic E-state index is 0.162. The minimum atomic E-state index is -0.522. The average molecular weight is 142 g/mol. The van der Waals surface area contributed by atoms with E-state index < -0.39 is 5.76 Å². The molecule has 1 heterocycles. The molecule has 0 aliphatic carbocycles. The summed E-state index contributed by atoms with van der Waals surface area (Å²) < 4.78 is 6.21. The van der Waals surface area contributed by atoms with Gasteiger partial charge in [0.2, 0.25) is 0 Å². The van der Waals surface area contributed by atoms with Crippen LogP contribution in [-0.4, -0.2) is 9.72 Å². The van der Waals surface area contributed by atoms with E-state index in [0.29, 0.717) is 5.82 Å². The summed E-state index contributed by atoms with van der Waals surface area (Å²) in [4.78, 5) is 14.1. The van der Waals surface area contributed by atoms with Crippen molar-refractivity contribution in [2.24, 2.45) is 0 Å². The highest BCUT2D eigenvalue weighted by molar-refractivity contribution is 4.77. The van der Waals surface area contributed by atoms with Crippen LogP contribution < -0.4 is 5.76 Å². The number of aromatic nitrogens is 2. The molecule has 0 fully saturated rings. The van der Waals surface area contributed by atoms with Crippen LogP contribution >= 0.6 is 0 Å². The monoisotopic (exact) mass is 142 g/mol. The Balaban J connectivity index is 3.15. The van der Waals surface area contributed by atoms with Crippen molar-refractivity contribution in [3.05, 3.63) is 16.4 Å². The number of hydrogen-bond acceptors (Lipinski definition) is 3. The summed E-state index contributed by atoms with van der Waals surface area (Å²) in [5.74, 6) is 0.103. The highest BCUT2D eigenvalue weighted by Gasteiger charge is 2.05. The lowest BCUT2D eigenvalue weighted by molar-refractivity contribution is 0.218. The van der Waals surface area contributed by atoms with E-state index in [4.69, 9.17) is 4.52 Å². The summed E-state index contributed by atoms with van der Waals surface area (Å²) in [5, 5.41) is 0. The van der Waals surface area contributed by atoms with Gasteiger partial charge in [-0.3, -0.25) is 0 Å². The Hall–Kier alpha value is -1.06. The smallest absolute Gasteiger partial charge is 0.318 e. The fourth-order valence-electron chi connectivity index (χ4n) is 0.831. The van der Waals surface area contributed by atoms with Gasteiger partial charge in [-0.1, -0.05) is 0 Å². The van der Waals surface area contributed by atoms with Crippen molar-refractivity contribution in [3.63, 3.8) is 0 Å². The number of nitrogens with zero attached hydrogens (tertiary/aromatic N) is 2. The van der Waals surface area contributed by atoms with Gasteiger partial charge in [0.05, 0.1) is 6.04 Å². The normalized spacial score (nSPS) is 10.8. The van der Waals surface area contributed by atoms with E-state index in [-0.39, 0.29) is 6.04 Å². The van der Waals surface area contributed by atoms with Crippen LogP contribution in [0.15, 0.2) is 9.32 Å². The van der Waals surface area contributed by atoms with E-state index >= 15 is 0 Å². The van der Waals surface area contributed by atoms with Crippen LogP contribution in [0.2, 0.25) is 0 Å². The van der Waals surface area contributed by atoms with E-state index in [1.807, 2.05) is 13.8 Å². The molecule has 1 aromatic heterocycles. The van der Waals surface area contributed by atoms with E-state index in [1.165, 1.54) is 4.74 Å². The second-order valence-electron chi connectivity index (χ2n) is 2.44. The third-order valence-electron chi connectivity index (χ3n) is 1.22. The molecule has 10 heavy (non-hydrogen) atoms. The Morgan fingerprint density at radius 3 is 2.40 bits per heavy atom. The lowest BCUT2D eigenvalue weighted by Crippen LogP contribution is -2.01. The maximum Gasteiger partial charge on any atom is 0.459 e. The molecule has 0 N–H and O–H groups in total. The fourth-order valence-corrected chi connectivity index (χ4v) is 0.831. The summed E-state index contributed by atoms with van der Waals surface area (Å²) in [6.45, 7) is 5.60. The summed E-state index contributed by atoms with van der Waals surface area (Å²) in [5.41, 5.74) is 0. The third kappa shape index (κ3) is 1.10. The molecule has 0 spiro atoms. The van der Waals surface area contributed by atoms with Crippen LogP contribution in [-0.2, 0) is 0 Å². The highest BCUT2D eigenvalue weighted by atomic mass is 16.5. The Morgan fingerprint density at radius 1 is 1.60 bits per heavy atom. The van der Waals surface area contributed by atoms with Crippen molar-refractivity contribution in [1.29, 1.82) is 0 Å². The molecule has 0 unspecified atom stereocenters. The Bertz CT molecular complexity index is 272. The van der Waals surface area contributed by atoms with Crippen LogP contribution in [0.4, 0.5) is 0 Å². The molecule has 0 aromatic carbocycles. The lowest BCUT2D eigenvalue weighted by Gasteiger charge is -2.03. The molecule has 0 atom stereocenters. The first-order chi connectivity index (χ1) is 4.61. The lowest BCUT2D eigenvalue weighted by atomic mass is 10.4. The van der Waals surface area contributed by atoms with Crippen LogP contribution in [0.5, 0.6) is 0 Å². The molecule has 0 aliphatic rings. The first kappa shape index (κ1) is 7.05.